The second kappa shape index (κ2) is 8.07. The second-order valence-corrected chi connectivity index (χ2v) is 7.00. The van der Waals surface area contributed by atoms with Crippen LogP contribution in [0, 0.1) is 13.8 Å². The molecule has 1 N–H and O–H groups in total. The third kappa shape index (κ3) is 4.42. The van der Waals surface area contributed by atoms with Gasteiger partial charge in [-0.15, -0.1) is 11.3 Å². The van der Waals surface area contributed by atoms with Gasteiger partial charge in [0.05, 0.1) is 19.1 Å². The molecule has 0 bridgehead atoms. The van der Waals surface area contributed by atoms with Gasteiger partial charge in [-0.2, -0.15) is 11.3 Å². The summed E-state index contributed by atoms with van der Waals surface area (Å²) < 4.78 is 9.70. The van der Waals surface area contributed by atoms with E-state index in [4.69, 9.17) is 9.47 Å². The molecule has 2 heterocycles. The maximum atomic E-state index is 12.0. The van der Waals surface area contributed by atoms with Gasteiger partial charge < -0.3 is 14.8 Å². The summed E-state index contributed by atoms with van der Waals surface area (Å²) in [5.41, 5.74) is 1.94. The second-order valence-electron chi connectivity index (χ2n) is 5.00. The molecule has 2 rings (SSSR count). The maximum Gasteiger partial charge on any atom is 0.341 e. The standard InChI is InChI=1S/C16H17NO5S2/c1-9-10(2)24-15(14(9)16(20)21-3)17-12(18)7-22-13(19)6-11-4-5-23-8-11/h4-5,8H,6-7H2,1-3H3,(H,17,18). The van der Waals surface area contributed by atoms with Crippen LogP contribution in [-0.2, 0) is 25.5 Å². The van der Waals surface area contributed by atoms with Crippen LogP contribution < -0.4 is 5.32 Å². The van der Waals surface area contributed by atoms with Gasteiger partial charge >= 0.3 is 11.9 Å². The van der Waals surface area contributed by atoms with Crippen molar-refractivity contribution in [1.29, 1.82) is 0 Å². The van der Waals surface area contributed by atoms with Crippen molar-refractivity contribution in [1.82, 2.24) is 0 Å². The molecule has 0 spiro atoms. The average Bonchev–Trinajstić information content (AvgIpc) is 3.14. The van der Waals surface area contributed by atoms with Gasteiger partial charge in [-0.3, -0.25) is 9.59 Å². The summed E-state index contributed by atoms with van der Waals surface area (Å²) in [6.45, 7) is 3.23. The highest BCUT2D eigenvalue weighted by molar-refractivity contribution is 7.16. The maximum absolute atomic E-state index is 12.0. The number of nitrogens with one attached hydrogen (secondary N) is 1. The number of esters is 2. The lowest BCUT2D eigenvalue weighted by Gasteiger charge is -2.07. The van der Waals surface area contributed by atoms with E-state index >= 15 is 0 Å². The molecule has 2 aromatic rings. The number of aryl methyl sites for hydroxylation is 1. The molecule has 0 aliphatic rings. The van der Waals surface area contributed by atoms with Crippen LogP contribution in [0.1, 0.15) is 26.4 Å². The molecule has 0 aromatic carbocycles. The molecule has 0 radical (unpaired) electrons. The molecule has 0 saturated carbocycles. The van der Waals surface area contributed by atoms with Crippen molar-refractivity contribution in [2.45, 2.75) is 20.3 Å². The SMILES string of the molecule is COC(=O)c1c(NC(=O)COC(=O)Cc2ccsc2)sc(C)c1C. The number of amides is 1. The molecular weight excluding hydrogens is 350 g/mol. The van der Waals surface area contributed by atoms with Gasteiger partial charge in [-0.25, -0.2) is 4.79 Å². The topological polar surface area (TPSA) is 81.7 Å². The fourth-order valence-electron chi connectivity index (χ4n) is 1.98. The summed E-state index contributed by atoms with van der Waals surface area (Å²) in [6, 6.07) is 1.83. The third-order valence-corrected chi connectivity index (χ3v) is 5.18. The zero-order valence-corrected chi connectivity index (χ0v) is 15.1. The quantitative estimate of drug-likeness (QED) is 0.794. The van der Waals surface area contributed by atoms with Gasteiger partial charge in [0, 0.05) is 4.88 Å². The first kappa shape index (κ1) is 18.2. The smallest absolute Gasteiger partial charge is 0.341 e. The molecular formula is C16H17NO5S2. The minimum atomic E-state index is -0.512. The summed E-state index contributed by atoms with van der Waals surface area (Å²) in [5.74, 6) is -1.49. The number of carbonyl (C=O) groups excluding carboxylic acids is 3. The lowest BCUT2D eigenvalue weighted by Crippen LogP contribution is -2.22. The van der Waals surface area contributed by atoms with E-state index in [-0.39, 0.29) is 6.42 Å². The van der Waals surface area contributed by atoms with Crippen LogP contribution in [0.4, 0.5) is 5.00 Å². The summed E-state index contributed by atoms with van der Waals surface area (Å²) in [4.78, 5) is 36.4. The molecule has 0 aliphatic heterocycles. The molecule has 6 nitrogen and oxygen atoms in total. The number of carbonyl (C=O) groups is 3. The van der Waals surface area contributed by atoms with Gasteiger partial charge in [-0.1, -0.05) is 0 Å². The Bertz CT molecular complexity index is 749. The molecule has 0 atom stereocenters. The molecule has 24 heavy (non-hydrogen) atoms. The normalized spacial score (nSPS) is 10.3. The Morgan fingerprint density at radius 2 is 2.00 bits per heavy atom. The number of hydrogen-bond acceptors (Lipinski definition) is 7. The zero-order chi connectivity index (χ0) is 17.7. The Labute approximate surface area is 147 Å². The average molecular weight is 367 g/mol. The van der Waals surface area contributed by atoms with Crippen molar-refractivity contribution in [3.63, 3.8) is 0 Å². The van der Waals surface area contributed by atoms with Gasteiger partial charge in [-0.05, 0) is 41.8 Å². The molecule has 0 saturated heterocycles. The summed E-state index contributed by atoms with van der Waals surface area (Å²) in [7, 11) is 1.28. The number of hydrogen-bond donors (Lipinski definition) is 1. The van der Waals surface area contributed by atoms with Gasteiger partial charge in [0.1, 0.15) is 5.00 Å². The lowest BCUT2D eigenvalue weighted by molar-refractivity contribution is -0.146. The Morgan fingerprint density at radius 1 is 1.25 bits per heavy atom. The predicted molar refractivity (Wildman–Crippen MR) is 92.7 cm³/mol. The Hall–Kier alpha value is -2.19. The van der Waals surface area contributed by atoms with E-state index in [0.717, 1.165) is 16.0 Å². The summed E-state index contributed by atoms with van der Waals surface area (Å²) in [6.07, 6.45) is 0.126. The van der Waals surface area contributed by atoms with E-state index in [2.05, 4.69) is 5.32 Å². The first-order valence-electron chi connectivity index (χ1n) is 7.07. The molecule has 2 aromatic heterocycles. The van der Waals surface area contributed by atoms with E-state index in [9.17, 15) is 14.4 Å². The van der Waals surface area contributed by atoms with Gasteiger partial charge in [0.15, 0.2) is 6.61 Å². The summed E-state index contributed by atoms with van der Waals surface area (Å²) >= 11 is 2.77. The van der Waals surface area contributed by atoms with Crippen molar-refractivity contribution >= 4 is 45.5 Å². The van der Waals surface area contributed by atoms with E-state index in [1.54, 1.807) is 6.92 Å². The molecule has 0 fully saturated rings. The number of rotatable bonds is 6. The molecule has 0 unspecified atom stereocenters. The fraction of sp³-hybridized carbons (Fsp3) is 0.312. The van der Waals surface area contributed by atoms with Crippen LogP contribution in [0.2, 0.25) is 0 Å². The largest absolute Gasteiger partial charge is 0.465 e. The number of anilines is 1. The summed E-state index contributed by atoms with van der Waals surface area (Å²) in [5, 5.41) is 6.72. The molecule has 0 aliphatic carbocycles. The van der Waals surface area contributed by atoms with Crippen molar-refractivity contribution in [2.75, 3.05) is 19.0 Å². The number of methoxy groups -OCH3 is 1. The van der Waals surface area contributed by atoms with Crippen molar-refractivity contribution < 1.29 is 23.9 Å². The third-order valence-electron chi connectivity index (χ3n) is 3.32. The number of ether oxygens (including phenoxy) is 2. The first-order valence-corrected chi connectivity index (χ1v) is 8.83. The van der Waals surface area contributed by atoms with Crippen LogP contribution in [0.25, 0.3) is 0 Å². The molecule has 1 amide bonds. The van der Waals surface area contributed by atoms with Gasteiger partial charge in [0.25, 0.3) is 5.91 Å². The van der Waals surface area contributed by atoms with Gasteiger partial charge in [0.2, 0.25) is 0 Å². The van der Waals surface area contributed by atoms with Crippen LogP contribution in [-0.4, -0.2) is 31.6 Å². The fourth-order valence-corrected chi connectivity index (χ4v) is 3.72. The highest BCUT2D eigenvalue weighted by atomic mass is 32.1. The highest BCUT2D eigenvalue weighted by Gasteiger charge is 2.21. The van der Waals surface area contributed by atoms with Crippen molar-refractivity contribution in [2.24, 2.45) is 0 Å². The highest BCUT2D eigenvalue weighted by Crippen LogP contribution is 2.32. The molecule has 128 valence electrons. The predicted octanol–water partition coefficient (Wildman–Crippen LogP) is 2.94. The van der Waals surface area contributed by atoms with Crippen LogP contribution in [0.5, 0.6) is 0 Å². The Balaban J connectivity index is 1.94. The number of thiophene rings is 2. The minimum absolute atomic E-state index is 0.126. The van der Waals surface area contributed by atoms with Crippen LogP contribution >= 0.6 is 22.7 Å². The van der Waals surface area contributed by atoms with E-state index in [0.29, 0.717) is 10.6 Å². The Morgan fingerprint density at radius 3 is 2.62 bits per heavy atom. The Kier molecular flexibility index (Phi) is 6.10. The molecule has 8 heteroatoms. The van der Waals surface area contributed by atoms with Crippen LogP contribution in [0.3, 0.4) is 0 Å². The van der Waals surface area contributed by atoms with E-state index < -0.39 is 24.5 Å². The van der Waals surface area contributed by atoms with E-state index in [1.165, 1.54) is 29.8 Å². The van der Waals surface area contributed by atoms with Crippen molar-refractivity contribution in [3.05, 3.63) is 38.4 Å². The monoisotopic (exact) mass is 367 g/mol. The van der Waals surface area contributed by atoms with E-state index in [1.807, 2.05) is 23.8 Å². The zero-order valence-electron chi connectivity index (χ0n) is 13.5. The lowest BCUT2D eigenvalue weighted by atomic mass is 10.1. The first-order chi connectivity index (χ1) is 11.4. The minimum Gasteiger partial charge on any atom is -0.465 e. The van der Waals surface area contributed by atoms with Crippen LogP contribution in [0.15, 0.2) is 16.8 Å². The van der Waals surface area contributed by atoms with Crippen molar-refractivity contribution in [3.8, 4) is 0 Å².